The number of rotatable bonds is 2. The monoisotopic (exact) mass is 255 g/mol. The Morgan fingerprint density at radius 1 is 1.53 bits per heavy atom. The molecule has 1 aromatic rings. The molecule has 1 amide bonds. The smallest absolute Gasteiger partial charge is 0.297 e. The lowest BCUT2D eigenvalue weighted by molar-refractivity contribution is 0.0998. The first-order valence-electron chi connectivity index (χ1n) is 4.40. The normalized spacial score (nSPS) is 11.3. The first kappa shape index (κ1) is 13.0. The fourth-order valence-corrected chi connectivity index (χ4v) is 1.01. The van der Waals surface area contributed by atoms with Crippen LogP contribution in [0.25, 0.3) is 0 Å². The van der Waals surface area contributed by atoms with Crippen LogP contribution in [0.2, 0.25) is 5.15 Å². The van der Waals surface area contributed by atoms with E-state index >= 15 is 0 Å². The first-order valence-corrected chi connectivity index (χ1v) is 4.78. The van der Waals surface area contributed by atoms with E-state index in [2.05, 4.69) is 15.0 Å². The zero-order chi connectivity index (χ0) is 13.0. The second kappa shape index (κ2) is 5.32. The minimum absolute atomic E-state index is 0.0444. The number of amidine groups is 1. The number of carbonyl (C=O) groups excluding carboxylic acids is 1. The van der Waals surface area contributed by atoms with Crippen LogP contribution in [-0.4, -0.2) is 28.3 Å². The van der Waals surface area contributed by atoms with Gasteiger partial charge in [-0.1, -0.05) is 11.6 Å². The molecule has 0 aliphatic heterocycles. The largest absolute Gasteiger partial charge is 0.386 e. The summed E-state index contributed by atoms with van der Waals surface area (Å²) in [6, 6.07) is 1.15. The van der Waals surface area contributed by atoms with Gasteiger partial charge in [0.2, 0.25) is 0 Å². The number of hydrogen-bond acceptors (Lipinski definition) is 6. The Morgan fingerprint density at radius 3 is 2.76 bits per heavy atom. The molecule has 1 heterocycles. The van der Waals surface area contributed by atoms with Gasteiger partial charge in [-0.2, -0.15) is 4.99 Å². The van der Waals surface area contributed by atoms with Crippen molar-refractivity contribution in [2.75, 3.05) is 12.3 Å². The average molecular weight is 256 g/mol. The number of aliphatic imine (C=N–C) groups is 1. The first-order chi connectivity index (χ1) is 7.93. The Balaban J connectivity index is 3.30. The third kappa shape index (κ3) is 3.47. The van der Waals surface area contributed by atoms with E-state index in [9.17, 15) is 4.79 Å². The predicted octanol–water partition coefficient (Wildman–Crippen LogP) is -1.35. The second-order valence-corrected chi connectivity index (χ2v) is 3.29. The molecule has 1 rings (SSSR count). The lowest BCUT2D eigenvalue weighted by Gasteiger charge is -1.94. The van der Waals surface area contributed by atoms with E-state index in [0.29, 0.717) is 0 Å². The van der Waals surface area contributed by atoms with Crippen LogP contribution in [-0.2, 0) is 0 Å². The van der Waals surface area contributed by atoms with Crippen molar-refractivity contribution in [2.45, 2.75) is 0 Å². The number of carbonyl (C=O) groups is 1. The molecule has 0 aliphatic rings. The fourth-order valence-electron chi connectivity index (χ4n) is 0.881. The van der Waals surface area contributed by atoms with Crippen LogP contribution in [0.15, 0.2) is 11.1 Å². The Hall–Kier alpha value is -2.06. The Kier molecular flexibility index (Phi) is 4.07. The molecule has 9 heteroatoms. The Morgan fingerprint density at radius 2 is 2.18 bits per heavy atom. The maximum atomic E-state index is 11.6. The van der Waals surface area contributed by atoms with E-state index in [-0.39, 0.29) is 34.5 Å². The van der Waals surface area contributed by atoms with Crippen molar-refractivity contribution in [3.05, 3.63) is 22.4 Å². The lowest BCUT2D eigenvalue weighted by Crippen LogP contribution is -2.24. The van der Waals surface area contributed by atoms with E-state index in [1.54, 1.807) is 0 Å². The molecule has 0 saturated heterocycles. The number of nitrogens with two attached hydrogens (primary N) is 3. The molecule has 0 fully saturated rings. The number of nitrogens with one attached hydrogen (secondary N) is 1. The van der Waals surface area contributed by atoms with Crippen LogP contribution in [0.5, 0.6) is 0 Å². The van der Waals surface area contributed by atoms with Gasteiger partial charge in [0.1, 0.15) is 17.3 Å². The summed E-state index contributed by atoms with van der Waals surface area (Å²) in [7, 11) is 0. The average Bonchev–Trinajstić information content (AvgIpc) is 2.38. The van der Waals surface area contributed by atoms with Crippen molar-refractivity contribution in [2.24, 2.45) is 16.5 Å². The number of aromatic nitrogens is 2. The summed E-state index contributed by atoms with van der Waals surface area (Å²) in [5.74, 6) is -0.865. The van der Waals surface area contributed by atoms with Crippen molar-refractivity contribution < 1.29 is 4.79 Å². The van der Waals surface area contributed by atoms with Gasteiger partial charge in [0, 0.05) is 6.07 Å². The summed E-state index contributed by atoms with van der Waals surface area (Å²) >= 11 is 5.61. The summed E-state index contributed by atoms with van der Waals surface area (Å²) in [5, 5.41) is 7.06. The summed E-state index contributed by atoms with van der Waals surface area (Å²) in [5.41, 5.74) is 15.4. The number of halogens is 1. The molecule has 0 aliphatic carbocycles. The van der Waals surface area contributed by atoms with Crippen molar-refractivity contribution in [1.82, 2.24) is 9.97 Å². The lowest BCUT2D eigenvalue weighted by atomic mass is 10.4. The van der Waals surface area contributed by atoms with Crippen molar-refractivity contribution in [3.8, 4) is 0 Å². The highest BCUT2D eigenvalue weighted by atomic mass is 35.5. The summed E-state index contributed by atoms with van der Waals surface area (Å²) in [4.78, 5) is 22.3. The van der Waals surface area contributed by atoms with E-state index in [1.165, 1.54) is 0 Å². The maximum absolute atomic E-state index is 11.6. The van der Waals surface area contributed by atoms with Gasteiger partial charge in [0.25, 0.3) is 5.91 Å². The van der Waals surface area contributed by atoms with E-state index in [0.717, 1.165) is 6.07 Å². The number of nitrogen functional groups attached to an aromatic ring is 1. The molecule has 17 heavy (non-hydrogen) atoms. The van der Waals surface area contributed by atoms with Crippen LogP contribution < -0.4 is 22.7 Å². The molecule has 1 aromatic heterocycles. The molecular weight excluding hydrogens is 246 g/mol. The molecule has 90 valence electrons. The quantitative estimate of drug-likeness (QED) is 0.378. The number of amides is 1. The standard InChI is InChI=1S/C8H10ClN7O/c9-6-7(13)15-4(11)1-3(14-6)8(17)16-5(12)2-10/h1H,2,10H2,(H3,11,13,15)(H2,12,16,17). The summed E-state index contributed by atoms with van der Waals surface area (Å²) < 4.78 is 0. The van der Waals surface area contributed by atoms with Gasteiger partial charge in [-0.25, -0.2) is 9.97 Å². The highest BCUT2D eigenvalue weighted by molar-refractivity contribution is 6.29. The summed E-state index contributed by atoms with van der Waals surface area (Å²) in [6.07, 6.45) is 0. The van der Waals surface area contributed by atoms with E-state index < -0.39 is 5.91 Å². The minimum atomic E-state index is -0.751. The van der Waals surface area contributed by atoms with Crippen LogP contribution in [0.4, 0.5) is 5.82 Å². The molecule has 0 radical (unpaired) electrons. The van der Waals surface area contributed by atoms with Gasteiger partial charge >= 0.3 is 0 Å². The molecule has 0 bridgehead atoms. The summed E-state index contributed by atoms with van der Waals surface area (Å²) in [6.45, 7) is -0.0597. The Bertz CT molecular complexity index is 542. The second-order valence-electron chi connectivity index (χ2n) is 2.93. The maximum Gasteiger partial charge on any atom is 0.297 e. The highest BCUT2D eigenvalue weighted by Gasteiger charge is 2.09. The topological polar surface area (TPSA) is 157 Å². The van der Waals surface area contributed by atoms with Gasteiger partial charge in [-0.3, -0.25) is 10.2 Å². The molecular formula is C8H10ClN7O. The van der Waals surface area contributed by atoms with Gasteiger partial charge in [-0.15, -0.1) is 0 Å². The molecule has 0 spiro atoms. The van der Waals surface area contributed by atoms with Gasteiger partial charge in [0.15, 0.2) is 10.6 Å². The van der Waals surface area contributed by atoms with Crippen LogP contribution in [0.1, 0.15) is 10.5 Å². The zero-order valence-corrected chi connectivity index (χ0v) is 9.40. The van der Waals surface area contributed by atoms with Gasteiger partial charge < -0.3 is 17.2 Å². The molecule has 0 aromatic carbocycles. The van der Waals surface area contributed by atoms with Gasteiger partial charge in [0.05, 0.1) is 6.54 Å². The fraction of sp³-hybridized carbons (Fsp3) is 0.125. The van der Waals surface area contributed by atoms with Crippen molar-refractivity contribution in [1.29, 1.82) is 5.41 Å². The number of hydrogen-bond donors (Lipinski definition) is 4. The predicted molar refractivity (Wildman–Crippen MR) is 62.3 cm³/mol. The zero-order valence-electron chi connectivity index (χ0n) is 8.64. The molecule has 0 saturated carbocycles. The third-order valence-electron chi connectivity index (χ3n) is 1.61. The molecule has 0 atom stereocenters. The van der Waals surface area contributed by atoms with Gasteiger partial charge in [-0.05, 0) is 0 Å². The number of anilines is 1. The molecule has 0 unspecified atom stereocenters. The number of nitrogens with zero attached hydrogens (tertiary/aromatic N) is 3. The molecule has 7 N–H and O–H groups in total. The van der Waals surface area contributed by atoms with Crippen molar-refractivity contribution in [3.63, 3.8) is 0 Å². The van der Waals surface area contributed by atoms with E-state index in [1.807, 2.05) is 0 Å². The van der Waals surface area contributed by atoms with Crippen LogP contribution >= 0.6 is 11.6 Å². The minimum Gasteiger partial charge on any atom is -0.386 e. The van der Waals surface area contributed by atoms with E-state index in [4.69, 9.17) is 34.2 Å². The molecule has 8 nitrogen and oxygen atoms in total. The SMILES string of the molecule is N=c1nc(N)cc(C(=O)N=C(N)CN)nc1Cl. The van der Waals surface area contributed by atoms with Crippen molar-refractivity contribution >= 4 is 29.2 Å². The third-order valence-corrected chi connectivity index (χ3v) is 1.88. The Labute approximate surface area is 101 Å². The van der Waals surface area contributed by atoms with Crippen LogP contribution in [0.3, 0.4) is 0 Å². The highest BCUT2D eigenvalue weighted by Crippen LogP contribution is 2.03. The van der Waals surface area contributed by atoms with Crippen LogP contribution in [0, 0.1) is 5.41 Å².